The molecule has 1 aromatic heterocycles. The first-order valence-corrected chi connectivity index (χ1v) is 10.2. The molecule has 0 radical (unpaired) electrons. The van der Waals surface area contributed by atoms with E-state index in [9.17, 15) is 4.79 Å². The lowest BCUT2D eigenvalue weighted by Crippen LogP contribution is -2.24. The average Bonchev–Trinajstić information content (AvgIpc) is 3.13. The Kier molecular flexibility index (Phi) is 6.95. The number of aromatic nitrogens is 3. The van der Waals surface area contributed by atoms with Crippen molar-refractivity contribution < 1.29 is 9.53 Å². The van der Waals surface area contributed by atoms with Gasteiger partial charge in [-0.2, -0.15) is 0 Å². The van der Waals surface area contributed by atoms with E-state index in [1.165, 1.54) is 11.8 Å². The Morgan fingerprint density at radius 3 is 2.79 bits per heavy atom. The van der Waals surface area contributed by atoms with Crippen LogP contribution in [-0.4, -0.2) is 33.5 Å². The summed E-state index contributed by atoms with van der Waals surface area (Å²) < 4.78 is 7.41. The fourth-order valence-electron chi connectivity index (χ4n) is 2.74. The molecule has 1 heterocycles. The largest absolute Gasteiger partial charge is 0.496 e. The van der Waals surface area contributed by atoms with Crippen LogP contribution in [0.1, 0.15) is 12.5 Å². The van der Waals surface area contributed by atoms with Gasteiger partial charge in [0.15, 0.2) is 11.0 Å². The Morgan fingerprint density at radius 2 is 2.04 bits per heavy atom. The topological polar surface area (TPSA) is 69.0 Å². The second-order valence-corrected chi connectivity index (χ2v) is 7.32. The van der Waals surface area contributed by atoms with Crippen LogP contribution in [0.5, 0.6) is 5.75 Å². The van der Waals surface area contributed by atoms with E-state index in [0.29, 0.717) is 23.3 Å². The molecule has 0 spiro atoms. The zero-order valence-electron chi connectivity index (χ0n) is 15.7. The molecule has 0 atom stereocenters. The molecule has 6 nitrogen and oxygen atoms in total. The van der Waals surface area contributed by atoms with Crippen LogP contribution in [0.4, 0.5) is 0 Å². The summed E-state index contributed by atoms with van der Waals surface area (Å²) in [5, 5.41) is 12.8. The molecule has 0 saturated heterocycles. The van der Waals surface area contributed by atoms with Crippen LogP contribution < -0.4 is 10.1 Å². The van der Waals surface area contributed by atoms with Crippen molar-refractivity contribution in [1.82, 2.24) is 20.1 Å². The zero-order valence-corrected chi connectivity index (χ0v) is 17.3. The lowest BCUT2D eigenvalue weighted by atomic mass is 10.2. The molecular weight excluding hydrogens is 396 g/mol. The van der Waals surface area contributed by atoms with Crippen LogP contribution >= 0.6 is 23.4 Å². The molecule has 3 rings (SSSR count). The molecular formula is C20H21ClN4O2S. The van der Waals surface area contributed by atoms with Gasteiger partial charge in [-0.25, -0.2) is 0 Å². The zero-order chi connectivity index (χ0) is 19.9. The van der Waals surface area contributed by atoms with Gasteiger partial charge in [-0.05, 0) is 36.8 Å². The van der Waals surface area contributed by atoms with Gasteiger partial charge >= 0.3 is 0 Å². The Labute approximate surface area is 173 Å². The SMILES string of the molecule is CCn1c(SCC(=O)NCc2cccc(Cl)c2)nnc1-c1ccccc1OC. The van der Waals surface area contributed by atoms with Gasteiger partial charge in [-0.3, -0.25) is 4.79 Å². The van der Waals surface area contributed by atoms with Gasteiger partial charge in [0.25, 0.3) is 0 Å². The molecule has 0 fully saturated rings. The highest BCUT2D eigenvalue weighted by molar-refractivity contribution is 7.99. The number of nitrogens with one attached hydrogen (secondary N) is 1. The van der Waals surface area contributed by atoms with Crippen LogP contribution in [0.25, 0.3) is 11.4 Å². The predicted octanol–water partition coefficient (Wildman–Crippen LogP) is 4.04. The highest BCUT2D eigenvalue weighted by atomic mass is 35.5. The maximum absolute atomic E-state index is 12.2. The number of carbonyl (C=O) groups excluding carboxylic acids is 1. The molecule has 146 valence electrons. The fraction of sp³-hybridized carbons (Fsp3) is 0.250. The number of carbonyl (C=O) groups is 1. The molecule has 0 bridgehead atoms. The summed E-state index contributed by atoms with van der Waals surface area (Å²) in [5.74, 6) is 1.64. The van der Waals surface area contributed by atoms with Gasteiger partial charge in [0, 0.05) is 18.1 Å². The molecule has 0 aliphatic heterocycles. The highest BCUT2D eigenvalue weighted by Gasteiger charge is 2.17. The third-order valence-corrected chi connectivity index (χ3v) is 5.29. The first kappa shape index (κ1) is 20.2. The molecule has 0 unspecified atom stereocenters. The van der Waals surface area contributed by atoms with Crippen LogP contribution in [0.15, 0.2) is 53.7 Å². The standard InChI is InChI=1S/C20H21ClN4O2S/c1-3-25-19(16-9-4-5-10-17(16)27-2)23-24-20(25)28-13-18(26)22-12-14-7-6-8-15(21)11-14/h4-11H,3,12-13H2,1-2H3,(H,22,26). The van der Waals surface area contributed by atoms with Gasteiger partial charge in [-0.15, -0.1) is 10.2 Å². The van der Waals surface area contributed by atoms with Crippen molar-refractivity contribution in [2.75, 3.05) is 12.9 Å². The molecule has 3 aromatic rings. The van der Waals surface area contributed by atoms with E-state index in [1.54, 1.807) is 13.2 Å². The van der Waals surface area contributed by atoms with Crippen LogP contribution in [0.2, 0.25) is 5.02 Å². The first-order chi connectivity index (χ1) is 13.6. The van der Waals surface area contributed by atoms with Crippen molar-refractivity contribution in [1.29, 1.82) is 0 Å². The van der Waals surface area contributed by atoms with E-state index in [4.69, 9.17) is 16.3 Å². The van der Waals surface area contributed by atoms with E-state index >= 15 is 0 Å². The summed E-state index contributed by atoms with van der Waals surface area (Å²) in [6.07, 6.45) is 0. The number of para-hydroxylation sites is 1. The van der Waals surface area contributed by atoms with Gasteiger partial charge in [-0.1, -0.05) is 47.6 Å². The number of rotatable bonds is 8. The lowest BCUT2D eigenvalue weighted by Gasteiger charge is -2.10. The van der Waals surface area contributed by atoms with Crippen molar-refractivity contribution >= 4 is 29.3 Å². The third kappa shape index (κ3) is 4.85. The van der Waals surface area contributed by atoms with Crippen LogP contribution in [0.3, 0.4) is 0 Å². The molecule has 1 amide bonds. The Balaban J connectivity index is 1.65. The third-order valence-electron chi connectivity index (χ3n) is 4.09. The summed E-state index contributed by atoms with van der Waals surface area (Å²) >= 11 is 7.32. The number of hydrogen-bond acceptors (Lipinski definition) is 5. The van der Waals surface area contributed by atoms with Gasteiger partial charge in [0.2, 0.25) is 5.91 Å². The molecule has 28 heavy (non-hydrogen) atoms. The molecule has 0 saturated carbocycles. The summed E-state index contributed by atoms with van der Waals surface area (Å²) in [6, 6.07) is 15.1. The number of methoxy groups -OCH3 is 1. The number of amides is 1. The Hall–Kier alpha value is -2.51. The maximum atomic E-state index is 12.2. The van der Waals surface area contributed by atoms with Crippen molar-refractivity contribution in [3.63, 3.8) is 0 Å². The number of hydrogen-bond donors (Lipinski definition) is 1. The fourth-order valence-corrected chi connectivity index (χ4v) is 3.78. The van der Waals surface area contributed by atoms with Crippen molar-refractivity contribution in [2.24, 2.45) is 0 Å². The average molecular weight is 417 g/mol. The second kappa shape index (κ2) is 9.61. The normalized spacial score (nSPS) is 10.7. The molecule has 8 heteroatoms. The van der Waals surface area contributed by atoms with Gasteiger partial charge in [0.1, 0.15) is 5.75 Å². The van der Waals surface area contributed by atoms with E-state index in [0.717, 1.165) is 22.7 Å². The summed E-state index contributed by atoms with van der Waals surface area (Å²) in [6.45, 7) is 3.14. The quantitative estimate of drug-likeness (QED) is 0.561. The lowest BCUT2D eigenvalue weighted by molar-refractivity contribution is -0.118. The van der Waals surface area contributed by atoms with Crippen molar-refractivity contribution in [2.45, 2.75) is 25.2 Å². The minimum absolute atomic E-state index is 0.0746. The Bertz CT molecular complexity index is 961. The van der Waals surface area contributed by atoms with E-state index < -0.39 is 0 Å². The number of ether oxygens (including phenoxy) is 1. The maximum Gasteiger partial charge on any atom is 0.230 e. The van der Waals surface area contributed by atoms with E-state index in [1.807, 2.05) is 54.0 Å². The molecule has 2 aromatic carbocycles. The van der Waals surface area contributed by atoms with Crippen LogP contribution in [-0.2, 0) is 17.9 Å². The number of nitrogens with zero attached hydrogens (tertiary/aromatic N) is 3. The Morgan fingerprint density at radius 1 is 1.21 bits per heavy atom. The monoisotopic (exact) mass is 416 g/mol. The minimum atomic E-state index is -0.0746. The molecule has 0 aliphatic carbocycles. The summed E-state index contributed by atoms with van der Waals surface area (Å²) in [5.41, 5.74) is 1.83. The van der Waals surface area contributed by atoms with Crippen LogP contribution in [0, 0.1) is 0 Å². The number of halogens is 1. The summed E-state index contributed by atoms with van der Waals surface area (Å²) in [4.78, 5) is 12.2. The molecule has 0 aliphatic rings. The number of thioether (sulfide) groups is 1. The summed E-state index contributed by atoms with van der Waals surface area (Å²) in [7, 11) is 1.63. The van der Waals surface area contributed by atoms with Gasteiger partial charge < -0.3 is 14.6 Å². The van der Waals surface area contributed by atoms with E-state index in [2.05, 4.69) is 15.5 Å². The predicted molar refractivity (Wildman–Crippen MR) is 112 cm³/mol. The second-order valence-electron chi connectivity index (χ2n) is 5.95. The first-order valence-electron chi connectivity index (χ1n) is 8.83. The highest BCUT2D eigenvalue weighted by Crippen LogP contribution is 2.30. The number of benzene rings is 2. The van der Waals surface area contributed by atoms with Crippen molar-refractivity contribution in [3.8, 4) is 17.1 Å². The molecule has 1 N–H and O–H groups in total. The van der Waals surface area contributed by atoms with E-state index in [-0.39, 0.29) is 11.7 Å². The smallest absolute Gasteiger partial charge is 0.230 e. The van der Waals surface area contributed by atoms with Crippen molar-refractivity contribution in [3.05, 3.63) is 59.1 Å². The van der Waals surface area contributed by atoms with Gasteiger partial charge in [0.05, 0.1) is 18.4 Å². The minimum Gasteiger partial charge on any atom is -0.496 e.